The molecule has 10 amide bonds. The average Bonchev–Trinajstić information content (AvgIpc) is 0.853. The van der Waals surface area contributed by atoms with Crippen LogP contribution in [0.5, 0.6) is 0 Å². The van der Waals surface area contributed by atoms with E-state index in [9.17, 15) is 93.9 Å². The Morgan fingerprint density at radius 1 is 0.441 bits per heavy atom. The number of carbonyl (C=O) groups excluding carboxylic acids is 10. The Balaban J connectivity index is 1.49. The molecule has 4 aliphatic rings. The zero-order chi connectivity index (χ0) is 68.7. The summed E-state index contributed by atoms with van der Waals surface area (Å²) >= 11 is 0. The summed E-state index contributed by atoms with van der Waals surface area (Å²) in [5, 5.41) is 126. The molecule has 4 rings (SSSR count). The van der Waals surface area contributed by atoms with Gasteiger partial charge >= 0.3 is 0 Å². The maximum atomic E-state index is 14.3. The third-order valence-electron chi connectivity index (χ3n) is 15.4. The van der Waals surface area contributed by atoms with Crippen molar-refractivity contribution in [2.75, 3.05) is 79.8 Å². The second-order valence-corrected chi connectivity index (χ2v) is 22.7. The van der Waals surface area contributed by atoms with E-state index < -0.39 is 208 Å². The van der Waals surface area contributed by atoms with Gasteiger partial charge in [-0.2, -0.15) is 0 Å². The van der Waals surface area contributed by atoms with Crippen molar-refractivity contribution in [3.05, 3.63) is 0 Å². The van der Waals surface area contributed by atoms with Crippen LogP contribution >= 0.6 is 0 Å². The van der Waals surface area contributed by atoms with Crippen molar-refractivity contribution in [1.29, 1.82) is 0 Å². The molecule has 4 aliphatic heterocycles. The highest BCUT2D eigenvalue weighted by Crippen LogP contribution is 2.25. The highest BCUT2D eigenvalue weighted by atomic mass is 16.7. The Hall–Kier alpha value is -6.02. The van der Waals surface area contributed by atoms with Gasteiger partial charge in [0.05, 0.1) is 53.1 Å². The molecule has 38 nitrogen and oxygen atoms in total. The van der Waals surface area contributed by atoms with E-state index in [-0.39, 0.29) is 91.2 Å². The van der Waals surface area contributed by atoms with Crippen LogP contribution in [0.25, 0.3) is 0 Å². The topological polar surface area (TPSA) is 565 Å². The van der Waals surface area contributed by atoms with Crippen LogP contribution in [0.3, 0.4) is 0 Å². The minimum absolute atomic E-state index is 0.0246. The number of amides is 10. The van der Waals surface area contributed by atoms with Gasteiger partial charge in [-0.25, -0.2) is 0 Å². The Morgan fingerprint density at radius 2 is 0.742 bits per heavy atom. The van der Waals surface area contributed by atoms with Gasteiger partial charge in [-0.15, -0.1) is 0 Å². The molecular weight excluding hydrogens is 1240 g/mol. The molecule has 0 aromatic rings. The summed E-state index contributed by atoms with van der Waals surface area (Å²) in [7, 11) is 1.36. The fraction of sp³-hybridized carbons (Fsp3) is 0.818. The van der Waals surface area contributed by atoms with Gasteiger partial charge < -0.3 is 128 Å². The van der Waals surface area contributed by atoms with Gasteiger partial charge in [-0.05, 0) is 83.8 Å². The molecule has 0 radical (unpaired) electrons. The van der Waals surface area contributed by atoms with Gasteiger partial charge in [0.15, 0.2) is 18.9 Å². The first-order valence-electron chi connectivity index (χ1n) is 30.9. The lowest BCUT2D eigenvalue weighted by Gasteiger charge is -2.42. The Bertz CT molecular complexity index is 2330. The molecular formula is C55H97N13O25. The zero-order valence-electron chi connectivity index (χ0n) is 52.6. The van der Waals surface area contributed by atoms with Crippen molar-refractivity contribution in [2.24, 2.45) is 0 Å². The van der Waals surface area contributed by atoms with Gasteiger partial charge in [0, 0.05) is 34.2 Å². The van der Waals surface area contributed by atoms with Crippen molar-refractivity contribution >= 4 is 59.1 Å². The standard InChI is InChI=1S/C55H97N13O25/c1-27(72)62-40-46(81)43(78)34(21-69)91-53(40)88-24-57-16-8-5-11-30-49(84)60-20-39(77)66-32(13-7-10-18-59-26-90-55-42(64-29(3)74)48(83)45(80)36(23-71)93-55)51(86)68-33(14-15-37(75)56-4)52(87)67-31(50(85)61-19-38(76)65-30)12-6-9-17-58-25-89-54-41(63-28(2)73)47(82)44(79)35(22-70)92-54/h30-36,40-48,53-55,57-59,69-71,78-83H,5-26H2,1-4H3,(H,56,75)(H,60,84)(H,61,85)(H,62,72)(H,63,73)(H,64,74)(H,65,76)(H,66,77)(H,67,87)(H,68,86)/t30-,31-,32-,33-,34+,35+,36+,40+,41+,42+,43-,44-,45-,46+,47+,48+,53+,54+,55+/m0/s1. The quantitative estimate of drug-likeness (QED) is 0.0214. The lowest BCUT2D eigenvalue weighted by molar-refractivity contribution is -0.271. The first kappa shape index (κ1) is 79.4. The van der Waals surface area contributed by atoms with E-state index >= 15 is 0 Å². The number of carbonyl (C=O) groups is 10. The monoisotopic (exact) mass is 1340 g/mol. The van der Waals surface area contributed by atoms with E-state index in [2.05, 4.69) is 69.1 Å². The van der Waals surface area contributed by atoms with Crippen LogP contribution < -0.4 is 69.1 Å². The SMILES string of the molecule is CNC(=O)CC[C@@H]1NC(=O)[C@H](CCCCNCO[C@@H]2O[C@H](CO)[C@H](O)[C@H](O)[C@H]2NC(C)=O)NC(=O)CNC(=O)[C@H](CCCCNCO[C@@H]2O[C@H](CO)[C@H](O)[C@H](O)[C@H]2NC(C)=O)NC(=O)CNC(=O)[C@H](CCCCNCO[C@@H]2O[C@H](CO)[C@H](O)[C@H](O)[C@H]2NC(C)=O)NC1=O. The summed E-state index contributed by atoms with van der Waals surface area (Å²) in [6, 6.07) is -9.17. The lowest BCUT2D eigenvalue weighted by Crippen LogP contribution is -2.64. The van der Waals surface area contributed by atoms with E-state index in [4.69, 9.17) is 28.4 Å². The molecule has 0 saturated carbocycles. The van der Waals surface area contributed by atoms with E-state index in [0.717, 1.165) is 0 Å². The van der Waals surface area contributed by atoms with Crippen molar-refractivity contribution in [2.45, 2.75) is 207 Å². The number of hydrogen-bond donors (Lipinski definition) is 22. The van der Waals surface area contributed by atoms with Gasteiger partial charge in [0.1, 0.15) is 97.2 Å². The second-order valence-electron chi connectivity index (χ2n) is 22.7. The molecule has 4 saturated heterocycles. The van der Waals surface area contributed by atoms with Crippen molar-refractivity contribution in [1.82, 2.24) is 69.1 Å². The van der Waals surface area contributed by atoms with E-state index in [1.807, 2.05) is 0 Å². The number of aliphatic hydroxyl groups excluding tert-OH is 9. The van der Waals surface area contributed by atoms with Crippen LogP contribution in [0.15, 0.2) is 0 Å². The molecule has 532 valence electrons. The predicted octanol–water partition coefficient (Wildman–Crippen LogP) is -11.3. The van der Waals surface area contributed by atoms with Crippen LogP contribution in [-0.4, -0.2) is 301 Å². The molecule has 0 spiro atoms. The van der Waals surface area contributed by atoms with Crippen molar-refractivity contribution in [3.8, 4) is 0 Å². The van der Waals surface area contributed by atoms with Crippen LogP contribution in [0.4, 0.5) is 0 Å². The molecule has 38 heteroatoms. The summed E-state index contributed by atoms with van der Waals surface area (Å²) in [5.74, 6) is -7.36. The van der Waals surface area contributed by atoms with Gasteiger partial charge in [-0.3, -0.25) is 63.9 Å². The Kier molecular flexibility index (Phi) is 35.6. The van der Waals surface area contributed by atoms with Gasteiger partial charge in [0.2, 0.25) is 59.1 Å². The van der Waals surface area contributed by atoms with Crippen LogP contribution in [-0.2, 0) is 76.4 Å². The summed E-state index contributed by atoms with van der Waals surface area (Å²) < 4.78 is 33.8. The minimum atomic E-state index is -1.55. The molecule has 4 heterocycles. The van der Waals surface area contributed by atoms with E-state index in [1.54, 1.807) is 0 Å². The number of aliphatic hydroxyl groups is 9. The summed E-state index contributed by atoms with van der Waals surface area (Å²) in [5.41, 5.74) is 0. The third kappa shape index (κ3) is 26.6. The molecule has 0 aliphatic carbocycles. The highest BCUT2D eigenvalue weighted by molar-refractivity contribution is 5.97. The summed E-state index contributed by atoms with van der Waals surface area (Å²) in [6.45, 7) is 0.153. The van der Waals surface area contributed by atoms with Crippen LogP contribution in [0.2, 0.25) is 0 Å². The van der Waals surface area contributed by atoms with E-state index in [0.29, 0.717) is 19.3 Å². The fourth-order valence-electron chi connectivity index (χ4n) is 10.4. The summed E-state index contributed by atoms with van der Waals surface area (Å²) in [4.78, 5) is 132. The lowest BCUT2D eigenvalue weighted by atomic mass is 9.97. The van der Waals surface area contributed by atoms with Crippen molar-refractivity contribution < 1.29 is 122 Å². The Labute approximate surface area is 536 Å². The maximum absolute atomic E-state index is 14.3. The fourth-order valence-corrected chi connectivity index (χ4v) is 10.4. The number of hydrogen-bond acceptors (Lipinski definition) is 28. The second kappa shape index (κ2) is 41.7. The normalized spacial score (nSPS) is 31.8. The van der Waals surface area contributed by atoms with E-state index in [1.165, 1.54) is 27.8 Å². The third-order valence-corrected chi connectivity index (χ3v) is 15.4. The van der Waals surface area contributed by atoms with Gasteiger partial charge in [-0.1, -0.05) is 0 Å². The predicted molar refractivity (Wildman–Crippen MR) is 317 cm³/mol. The molecule has 0 unspecified atom stereocenters. The van der Waals surface area contributed by atoms with Crippen LogP contribution in [0, 0.1) is 0 Å². The molecule has 0 aromatic heterocycles. The average molecular weight is 1340 g/mol. The maximum Gasteiger partial charge on any atom is 0.243 e. The van der Waals surface area contributed by atoms with Crippen molar-refractivity contribution in [3.63, 3.8) is 0 Å². The zero-order valence-corrected chi connectivity index (χ0v) is 52.6. The van der Waals surface area contributed by atoms with Crippen LogP contribution in [0.1, 0.15) is 91.4 Å². The Morgan fingerprint density at radius 3 is 1.04 bits per heavy atom. The number of rotatable bonds is 33. The molecule has 19 atom stereocenters. The first-order chi connectivity index (χ1) is 44.3. The van der Waals surface area contributed by atoms with Gasteiger partial charge in [0.25, 0.3) is 0 Å². The first-order valence-corrected chi connectivity index (χ1v) is 30.9. The number of ether oxygens (including phenoxy) is 6. The largest absolute Gasteiger partial charge is 0.394 e. The number of nitrogens with one attached hydrogen (secondary N) is 13. The smallest absolute Gasteiger partial charge is 0.243 e. The molecule has 22 N–H and O–H groups in total. The molecule has 0 aromatic carbocycles. The number of unbranched alkanes of at least 4 members (excludes halogenated alkanes) is 3. The molecule has 4 fully saturated rings. The minimum Gasteiger partial charge on any atom is -0.394 e. The highest BCUT2D eigenvalue weighted by Gasteiger charge is 2.48. The molecule has 93 heavy (non-hydrogen) atoms. The summed E-state index contributed by atoms with van der Waals surface area (Å²) in [6.07, 6.45) is -15.9. The molecule has 0 bridgehead atoms.